The van der Waals surface area contributed by atoms with Crippen molar-refractivity contribution < 1.29 is 19.1 Å². The van der Waals surface area contributed by atoms with Gasteiger partial charge in [-0.3, -0.25) is 9.80 Å². The van der Waals surface area contributed by atoms with Crippen LogP contribution in [0.2, 0.25) is 0 Å². The van der Waals surface area contributed by atoms with E-state index in [0.717, 1.165) is 71.9 Å². The maximum absolute atomic E-state index is 13.5. The number of esters is 2. The van der Waals surface area contributed by atoms with Gasteiger partial charge in [0.15, 0.2) is 12.5 Å². The lowest BCUT2D eigenvalue weighted by atomic mass is 9.86. The number of rotatable bonds is 10. The lowest BCUT2D eigenvalue weighted by molar-refractivity contribution is -0.159. The van der Waals surface area contributed by atoms with E-state index in [2.05, 4.69) is 84.3 Å². The molecule has 4 aromatic rings. The van der Waals surface area contributed by atoms with E-state index >= 15 is 0 Å². The van der Waals surface area contributed by atoms with Crippen molar-refractivity contribution in [3.05, 3.63) is 131 Å². The van der Waals surface area contributed by atoms with Crippen LogP contribution >= 0.6 is 0 Å². The molecule has 2 aliphatic heterocycles. The zero-order chi connectivity index (χ0) is 33.6. The van der Waals surface area contributed by atoms with Crippen molar-refractivity contribution in [1.82, 2.24) is 9.80 Å². The highest BCUT2D eigenvalue weighted by molar-refractivity contribution is 5.92. The summed E-state index contributed by atoms with van der Waals surface area (Å²) in [7, 11) is 4.04. The van der Waals surface area contributed by atoms with Gasteiger partial charge in [-0.15, -0.1) is 0 Å². The molecule has 0 saturated carbocycles. The summed E-state index contributed by atoms with van der Waals surface area (Å²) < 4.78 is 12.4. The Hall–Kier alpha value is -4.52. The molecular formula is C42H46N2O4. The van der Waals surface area contributed by atoms with Gasteiger partial charge in [-0.05, 0) is 73.2 Å². The first-order valence-corrected chi connectivity index (χ1v) is 17.3. The fourth-order valence-electron chi connectivity index (χ4n) is 7.49. The number of fused-ring (bicyclic) bond motifs is 2. The predicted molar refractivity (Wildman–Crippen MR) is 191 cm³/mol. The Balaban J connectivity index is 1.25. The van der Waals surface area contributed by atoms with Crippen molar-refractivity contribution in [2.75, 3.05) is 14.1 Å². The molecule has 0 aliphatic carbocycles. The number of nitrogens with zero attached hydrogens (tertiary/aromatic N) is 2. The van der Waals surface area contributed by atoms with Crippen LogP contribution in [0.25, 0.3) is 22.3 Å². The Bertz CT molecular complexity index is 1620. The van der Waals surface area contributed by atoms with E-state index in [-0.39, 0.29) is 12.1 Å². The van der Waals surface area contributed by atoms with Gasteiger partial charge in [0.05, 0.1) is 0 Å². The van der Waals surface area contributed by atoms with Crippen molar-refractivity contribution in [3.8, 4) is 22.3 Å². The summed E-state index contributed by atoms with van der Waals surface area (Å²) in [4.78, 5) is 31.2. The van der Waals surface area contributed by atoms with Crippen molar-refractivity contribution in [2.24, 2.45) is 0 Å². The summed E-state index contributed by atoms with van der Waals surface area (Å²) in [5.41, 5.74) is 8.61. The molecule has 0 aromatic heterocycles. The van der Waals surface area contributed by atoms with Crippen molar-refractivity contribution in [3.63, 3.8) is 0 Å². The molecule has 0 fully saturated rings. The van der Waals surface area contributed by atoms with Crippen LogP contribution in [0, 0.1) is 0 Å². The number of likely N-dealkylation sites (N-methyl/N-ethyl adjacent to an activating group) is 2. The van der Waals surface area contributed by atoms with Gasteiger partial charge in [0.1, 0.15) is 0 Å². The molecule has 0 spiro atoms. The summed E-state index contributed by atoms with van der Waals surface area (Å²) in [6, 6.07) is 33.5. The molecule has 4 aromatic carbocycles. The van der Waals surface area contributed by atoms with E-state index in [4.69, 9.17) is 9.47 Å². The zero-order valence-corrected chi connectivity index (χ0v) is 28.5. The zero-order valence-electron chi connectivity index (χ0n) is 28.5. The van der Waals surface area contributed by atoms with E-state index in [1.165, 1.54) is 23.3 Å². The predicted octanol–water partition coefficient (Wildman–Crippen LogP) is 8.67. The third kappa shape index (κ3) is 7.01. The summed E-state index contributed by atoms with van der Waals surface area (Å²) in [5, 5.41) is 0. The number of ether oxygens (including phenoxy) is 2. The van der Waals surface area contributed by atoms with E-state index in [0.29, 0.717) is 0 Å². The van der Waals surface area contributed by atoms with Crippen LogP contribution in [0.1, 0.15) is 74.2 Å². The highest BCUT2D eigenvalue weighted by atomic mass is 16.6. The monoisotopic (exact) mass is 642 g/mol. The third-order valence-corrected chi connectivity index (χ3v) is 9.91. The highest BCUT2D eigenvalue weighted by Gasteiger charge is 2.37. The molecule has 0 N–H and O–H groups in total. The van der Waals surface area contributed by atoms with Crippen molar-refractivity contribution >= 4 is 11.9 Å². The van der Waals surface area contributed by atoms with Crippen LogP contribution in [0.15, 0.2) is 109 Å². The standard InChI is InChI=1S/C42H46N2O4/c1-5-15-33-27-31-21-13-23-35(29-17-9-7-10-18-29)39(31)41(43(33)3)47-37(45)25-26-38(46)48-42-40-32(28-34(16-6-2)44(42)4)22-14-24-36(40)30-19-11-8-12-20-30/h7-14,17-26,33-34,41-42H,5-6,15-16,27-28H2,1-4H3/b26-25-. The van der Waals surface area contributed by atoms with Gasteiger partial charge in [-0.25, -0.2) is 9.59 Å². The fraction of sp³-hybridized carbons (Fsp3) is 0.333. The lowest BCUT2D eigenvalue weighted by Gasteiger charge is -2.41. The summed E-state index contributed by atoms with van der Waals surface area (Å²) in [6.45, 7) is 4.35. The Morgan fingerprint density at radius 1 is 0.604 bits per heavy atom. The van der Waals surface area contributed by atoms with E-state index in [1.807, 2.05) is 50.5 Å². The molecule has 6 rings (SSSR count). The number of benzene rings is 4. The first kappa shape index (κ1) is 33.4. The van der Waals surface area contributed by atoms with Gasteiger partial charge in [0.25, 0.3) is 0 Å². The molecule has 0 bridgehead atoms. The Morgan fingerprint density at radius 2 is 1.00 bits per heavy atom. The van der Waals surface area contributed by atoms with Gasteiger partial charge in [-0.1, -0.05) is 124 Å². The number of hydrogen-bond donors (Lipinski definition) is 0. The minimum absolute atomic E-state index is 0.233. The molecule has 6 nitrogen and oxygen atoms in total. The van der Waals surface area contributed by atoms with Gasteiger partial charge in [0.2, 0.25) is 0 Å². The Kier molecular flexibility index (Phi) is 10.5. The van der Waals surface area contributed by atoms with E-state index in [1.54, 1.807) is 0 Å². The summed E-state index contributed by atoms with van der Waals surface area (Å²) in [6.07, 6.45) is 7.04. The smallest absolute Gasteiger partial charge is 0.332 e. The Labute approximate surface area is 285 Å². The van der Waals surface area contributed by atoms with Gasteiger partial charge in [-0.2, -0.15) is 0 Å². The second-order valence-electron chi connectivity index (χ2n) is 13.0. The molecule has 0 radical (unpaired) electrons. The number of carbonyl (C=O) groups excluding carboxylic acids is 2. The average molecular weight is 643 g/mol. The van der Waals surface area contributed by atoms with Crippen LogP contribution in [-0.2, 0) is 31.9 Å². The fourth-order valence-corrected chi connectivity index (χ4v) is 7.49. The molecule has 48 heavy (non-hydrogen) atoms. The second-order valence-corrected chi connectivity index (χ2v) is 13.0. The third-order valence-electron chi connectivity index (χ3n) is 9.91. The first-order valence-electron chi connectivity index (χ1n) is 17.3. The Morgan fingerprint density at radius 3 is 1.38 bits per heavy atom. The normalized spacial score (nSPS) is 21.0. The lowest BCUT2D eigenvalue weighted by Crippen LogP contribution is -2.43. The van der Waals surface area contributed by atoms with Gasteiger partial charge < -0.3 is 9.47 Å². The van der Waals surface area contributed by atoms with Gasteiger partial charge in [0, 0.05) is 35.4 Å². The number of hydrogen-bond acceptors (Lipinski definition) is 6. The number of carbonyl (C=O) groups is 2. The largest absolute Gasteiger partial charge is 0.439 e. The molecule has 248 valence electrons. The van der Waals surface area contributed by atoms with E-state index in [9.17, 15) is 9.59 Å². The minimum Gasteiger partial charge on any atom is -0.439 e. The van der Waals surface area contributed by atoms with Crippen LogP contribution < -0.4 is 0 Å². The molecule has 2 heterocycles. The molecule has 0 amide bonds. The van der Waals surface area contributed by atoms with Crippen LogP contribution in [0.4, 0.5) is 0 Å². The molecule has 6 heteroatoms. The van der Waals surface area contributed by atoms with Crippen LogP contribution in [-0.4, -0.2) is 47.9 Å². The topological polar surface area (TPSA) is 59.1 Å². The molecule has 2 aliphatic rings. The van der Waals surface area contributed by atoms with Crippen molar-refractivity contribution in [1.29, 1.82) is 0 Å². The highest BCUT2D eigenvalue weighted by Crippen LogP contribution is 2.42. The van der Waals surface area contributed by atoms with Gasteiger partial charge >= 0.3 is 11.9 Å². The molecular weight excluding hydrogens is 596 g/mol. The molecule has 4 atom stereocenters. The van der Waals surface area contributed by atoms with E-state index < -0.39 is 24.4 Å². The molecule has 0 saturated heterocycles. The maximum Gasteiger partial charge on any atom is 0.332 e. The van der Waals surface area contributed by atoms with Crippen LogP contribution in [0.5, 0.6) is 0 Å². The summed E-state index contributed by atoms with van der Waals surface area (Å²) in [5.74, 6) is -1.16. The molecule has 4 unspecified atom stereocenters. The van der Waals surface area contributed by atoms with Crippen molar-refractivity contribution in [2.45, 2.75) is 76.9 Å². The minimum atomic E-state index is -0.588. The maximum atomic E-state index is 13.5. The average Bonchev–Trinajstić information content (AvgIpc) is 3.11. The van der Waals surface area contributed by atoms with Crippen LogP contribution in [0.3, 0.4) is 0 Å². The summed E-state index contributed by atoms with van der Waals surface area (Å²) >= 11 is 0. The SMILES string of the molecule is CCCC1Cc2cccc(-c3ccccc3)c2C(OC(=O)/C=C\C(=O)OC2c3c(cccc3-c3ccccc3)CC(CCC)N2C)N1C. The quantitative estimate of drug-likeness (QED) is 0.127. The second kappa shape index (κ2) is 15.1. The first-order chi connectivity index (χ1) is 23.4.